The second-order valence-corrected chi connectivity index (χ2v) is 9.41. The zero-order chi connectivity index (χ0) is 24.5. The number of esters is 1. The number of aromatic nitrogens is 3. The summed E-state index contributed by atoms with van der Waals surface area (Å²) in [7, 11) is 0. The van der Waals surface area contributed by atoms with Gasteiger partial charge in [0.1, 0.15) is 0 Å². The van der Waals surface area contributed by atoms with Crippen LogP contribution in [-0.4, -0.2) is 56.9 Å². The number of benzene rings is 1. The summed E-state index contributed by atoms with van der Waals surface area (Å²) in [6, 6.07) is 11.4. The van der Waals surface area contributed by atoms with Gasteiger partial charge in [0.05, 0.1) is 18.0 Å². The van der Waals surface area contributed by atoms with Crippen molar-refractivity contribution >= 4 is 28.6 Å². The van der Waals surface area contributed by atoms with E-state index >= 15 is 0 Å². The molecule has 8 heteroatoms. The van der Waals surface area contributed by atoms with Crippen molar-refractivity contribution in [3.63, 3.8) is 0 Å². The van der Waals surface area contributed by atoms with Crippen LogP contribution in [0.3, 0.4) is 0 Å². The lowest BCUT2D eigenvalue weighted by Gasteiger charge is -2.30. The van der Waals surface area contributed by atoms with Gasteiger partial charge >= 0.3 is 12.0 Å². The second-order valence-electron chi connectivity index (χ2n) is 9.41. The first kappa shape index (κ1) is 23.5. The van der Waals surface area contributed by atoms with E-state index in [2.05, 4.69) is 16.4 Å². The molecule has 0 atom stereocenters. The Morgan fingerprint density at radius 1 is 1.18 bits per heavy atom. The summed E-state index contributed by atoms with van der Waals surface area (Å²) >= 11 is 0. The number of rotatable bonds is 4. The van der Waals surface area contributed by atoms with Gasteiger partial charge in [0.2, 0.25) is 0 Å². The summed E-state index contributed by atoms with van der Waals surface area (Å²) in [5.74, 6) is -0.466. The number of hydrogen-bond donors (Lipinski definition) is 1. The molecule has 1 aliphatic heterocycles. The Labute approximate surface area is 199 Å². The number of nitrogens with zero attached hydrogens (tertiary/aromatic N) is 4. The Morgan fingerprint density at radius 2 is 1.91 bits per heavy atom. The lowest BCUT2D eigenvalue weighted by atomic mass is 9.96. The molecule has 2 amide bonds. The molecule has 0 saturated carbocycles. The Bertz CT molecular complexity index is 1250. The first-order valence-corrected chi connectivity index (χ1v) is 11.6. The van der Waals surface area contributed by atoms with Crippen molar-refractivity contribution in [3.8, 4) is 5.69 Å². The molecule has 0 radical (unpaired) electrons. The number of carbonyl (C=O) groups excluding carboxylic acids is 2. The van der Waals surface area contributed by atoms with Gasteiger partial charge in [-0.3, -0.25) is 0 Å². The number of carbonyl (C=O) groups is 2. The largest absolute Gasteiger partial charge is 0.461 e. The van der Waals surface area contributed by atoms with E-state index in [9.17, 15) is 9.59 Å². The number of hydrogen-bond acceptors (Lipinski definition) is 5. The molecule has 8 nitrogen and oxygen atoms in total. The van der Waals surface area contributed by atoms with Gasteiger partial charge in [-0.1, -0.05) is 24.3 Å². The molecule has 1 N–H and O–H groups in total. The molecule has 4 rings (SSSR count). The van der Waals surface area contributed by atoms with Gasteiger partial charge in [-0.25, -0.2) is 19.3 Å². The van der Waals surface area contributed by atoms with Crippen LogP contribution in [-0.2, 0) is 4.74 Å². The fraction of sp³-hybridized carbons (Fsp3) is 0.385. The van der Waals surface area contributed by atoms with Crippen molar-refractivity contribution in [2.75, 3.05) is 19.7 Å². The molecule has 0 fully saturated rings. The summed E-state index contributed by atoms with van der Waals surface area (Å²) in [5.41, 5.74) is 4.22. The maximum Gasteiger partial charge on any atom is 0.357 e. The van der Waals surface area contributed by atoms with Crippen LogP contribution >= 0.6 is 0 Å². The summed E-state index contributed by atoms with van der Waals surface area (Å²) < 4.78 is 7.02. The predicted molar refractivity (Wildman–Crippen MR) is 132 cm³/mol. The molecule has 0 unspecified atom stereocenters. The average Bonchev–Trinajstić information content (AvgIpc) is 3.15. The van der Waals surface area contributed by atoms with E-state index in [1.165, 1.54) is 0 Å². The highest BCUT2D eigenvalue weighted by atomic mass is 16.5. The van der Waals surface area contributed by atoms with Crippen molar-refractivity contribution in [3.05, 3.63) is 59.4 Å². The standard InChI is InChI=1S/C26H31N5O3/c1-6-34-24(32)21-16-20(18-12-14-30(15-13-18)25(33)28-26(3,4)5)22-17(2)29-31(23(22)27-21)19-10-8-7-9-11-19/h7-12,16H,6,13-15H2,1-5H3,(H,28,33). The molecule has 0 saturated heterocycles. The van der Waals surface area contributed by atoms with Crippen LogP contribution in [0.25, 0.3) is 22.3 Å². The van der Waals surface area contributed by atoms with Gasteiger partial charge in [-0.15, -0.1) is 0 Å². The smallest absolute Gasteiger partial charge is 0.357 e. The van der Waals surface area contributed by atoms with Crippen LogP contribution in [0.2, 0.25) is 0 Å². The van der Waals surface area contributed by atoms with E-state index in [1.807, 2.05) is 58.0 Å². The Morgan fingerprint density at radius 3 is 2.53 bits per heavy atom. The number of fused-ring (bicyclic) bond motifs is 1. The van der Waals surface area contributed by atoms with Crippen molar-refractivity contribution < 1.29 is 14.3 Å². The monoisotopic (exact) mass is 461 g/mol. The molecule has 2 aromatic heterocycles. The number of amides is 2. The van der Waals surface area contributed by atoms with Crippen molar-refractivity contribution in [2.24, 2.45) is 0 Å². The van der Waals surface area contributed by atoms with Gasteiger partial charge in [-0.05, 0) is 70.4 Å². The minimum atomic E-state index is -0.466. The van der Waals surface area contributed by atoms with E-state index in [0.717, 1.165) is 27.9 Å². The van der Waals surface area contributed by atoms with Gasteiger partial charge in [-0.2, -0.15) is 5.10 Å². The molecule has 1 aromatic carbocycles. The van der Waals surface area contributed by atoms with E-state index in [0.29, 0.717) is 25.2 Å². The fourth-order valence-electron chi connectivity index (χ4n) is 4.10. The Kier molecular flexibility index (Phi) is 6.41. The Hall–Kier alpha value is -3.68. The zero-order valence-electron chi connectivity index (χ0n) is 20.4. The Balaban J connectivity index is 1.78. The normalized spacial score (nSPS) is 14.1. The molecule has 178 valence electrons. The molecule has 0 bridgehead atoms. The van der Waals surface area contributed by atoms with Crippen molar-refractivity contribution in [2.45, 2.75) is 46.6 Å². The van der Waals surface area contributed by atoms with Crippen LogP contribution in [0, 0.1) is 6.92 Å². The third-order valence-corrected chi connectivity index (χ3v) is 5.62. The third-order valence-electron chi connectivity index (χ3n) is 5.62. The number of urea groups is 1. The molecule has 0 spiro atoms. The lowest BCUT2D eigenvalue weighted by molar-refractivity contribution is 0.0520. The van der Waals surface area contributed by atoms with E-state index in [-0.39, 0.29) is 23.9 Å². The molecule has 34 heavy (non-hydrogen) atoms. The molecule has 3 heterocycles. The van der Waals surface area contributed by atoms with E-state index in [1.54, 1.807) is 22.6 Å². The lowest BCUT2D eigenvalue weighted by Crippen LogP contribution is -2.49. The predicted octanol–water partition coefficient (Wildman–Crippen LogP) is 4.50. The molecule has 0 aliphatic carbocycles. The maximum atomic E-state index is 12.7. The SMILES string of the molecule is CCOC(=O)c1cc(C2=CCN(C(=O)NC(C)(C)C)CC2)c2c(C)nn(-c3ccccc3)c2n1. The molecular weight excluding hydrogens is 430 g/mol. The summed E-state index contributed by atoms with van der Waals surface area (Å²) in [5, 5.41) is 8.66. The van der Waals surface area contributed by atoms with Crippen molar-refractivity contribution in [1.29, 1.82) is 0 Å². The second kappa shape index (κ2) is 9.29. The van der Waals surface area contributed by atoms with E-state index in [4.69, 9.17) is 9.84 Å². The van der Waals surface area contributed by atoms with Crippen LogP contribution in [0.1, 0.15) is 55.9 Å². The number of pyridine rings is 1. The first-order chi connectivity index (χ1) is 16.2. The van der Waals surface area contributed by atoms with E-state index < -0.39 is 5.97 Å². The minimum Gasteiger partial charge on any atom is -0.461 e. The topological polar surface area (TPSA) is 89.4 Å². The first-order valence-electron chi connectivity index (χ1n) is 11.6. The summed E-state index contributed by atoms with van der Waals surface area (Å²) in [6.07, 6.45) is 2.71. The molecule has 3 aromatic rings. The number of aryl methyl sites for hydroxylation is 1. The molecular formula is C26H31N5O3. The van der Waals surface area contributed by atoms with Crippen LogP contribution in [0.4, 0.5) is 4.79 Å². The summed E-state index contributed by atoms with van der Waals surface area (Å²) in [4.78, 5) is 31.7. The quantitative estimate of drug-likeness (QED) is 0.578. The van der Waals surface area contributed by atoms with Crippen LogP contribution in [0.5, 0.6) is 0 Å². The van der Waals surface area contributed by atoms with Gasteiger partial charge in [0.25, 0.3) is 0 Å². The van der Waals surface area contributed by atoms with Crippen LogP contribution in [0.15, 0.2) is 42.5 Å². The highest BCUT2D eigenvalue weighted by Gasteiger charge is 2.25. The van der Waals surface area contributed by atoms with Gasteiger partial charge in [0, 0.05) is 24.0 Å². The highest BCUT2D eigenvalue weighted by Crippen LogP contribution is 2.32. The van der Waals surface area contributed by atoms with Crippen molar-refractivity contribution in [1.82, 2.24) is 25.0 Å². The van der Waals surface area contributed by atoms with Crippen LogP contribution < -0.4 is 5.32 Å². The number of ether oxygens (including phenoxy) is 1. The highest BCUT2D eigenvalue weighted by molar-refractivity contribution is 5.98. The van der Waals surface area contributed by atoms with Gasteiger partial charge in [0.15, 0.2) is 11.3 Å². The number of para-hydroxylation sites is 1. The van der Waals surface area contributed by atoms with Gasteiger partial charge < -0.3 is 15.0 Å². The minimum absolute atomic E-state index is 0.0806. The molecule has 1 aliphatic rings. The average molecular weight is 462 g/mol. The third kappa shape index (κ3) is 4.81. The number of nitrogens with one attached hydrogen (secondary N) is 1. The zero-order valence-corrected chi connectivity index (χ0v) is 20.4. The maximum absolute atomic E-state index is 12.7. The summed E-state index contributed by atoms with van der Waals surface area (Å²) in [6.45, 7) is 11.0. The fourth-order valence-corrected chi connectivity index (χ4v) is 4.10.